The molecule has 0 aliphatic heterocycles. The highest BCUT2D eigenvalue weighted by Gasteiger charge is 2.10. The average molecular weight is 223 g/mol. The molecule has 0 unspecified atom stereocenters. The molecule has 3 nitrogen and oxygen atoms in total. The molecule has 0 saturated heterocycles. The number of aromatic nitrogens is 2. The molecule has 2 aromatic heterocycles. The van der Waals surface area contributed by atoms with Crippen LogP contribution in [0.15, 0.2) is 10.9 Å². The van der Waals surface area contributed by atoms with Gasteiger partial charge in [0.2, 0.25) is 5.43 Å². The van der Waals surface area contributed by atoms with Gasteiger partial charge in [0.1, 0.15) is 10.7 Å². The lowest BCUT2D eigenvalue weighted by atomic mass is 10.1. The van der Waals surface area contributed by atoms with Crippen molar-refractivity contribution in [2.45, 2.75) is 20.8 Å². The highest BCUT2D eigenvalue weighted by atomic mass is 35.5. The molecule has 0 aliphatic rings. The summed E-state index contributed by atoms with van der Waals surface area (Å²) in [5, 5.41) is 0.826. The van der Waals surface area contributed by atoms with Crippen molar-refractivity contribution in [1.82, 2.24) is 9.97 Å². The van der Waals surface area contributed by atoms with E-state index >= 15 is 0 Å². The summed E-state index contributed by atoms with van der Waals surface area (Å²) in [5.41, 5.74) is 2.91. The normalized spacial score (nSPS) is 10.9. The molecular weight excluding hydrogens is 212 g/mol. The summed E-state index contributed by atoms with van der Waals surface area (Å²) >= 11 is 5.90. The van der Waals surface area contributed by atoms with E-state index in [0.717, 1.165) is 11.3 Å². The summed E-state index contributed by atoms with van der Waals surface area (Å²) in [5.74, 6) is 0. The summed E-state index contributed by atoms with van der Waals surface area (Å²) in [4.78, 5) is 19.2. The van der Waals surface area contributed by atoms with Crippen molar-refractivity contribution >= 4 is 22.6 Å². The zero-order valence-electron chi connectivity index (χ0n) is 8.81. The number of aryl methyl sites for hydroxylation is 3. The van der Waals surface area contributed by atoms with Crippen LogP contribution < -0.4 is 5.43 Å². The molecule has 15 heavy (non-hydrogen) atoms. The monoisotopic (exact) mass is 222 g/mol. The third kappa shape index (κ3) is 1.53. The van der Waals surface area contributed by atoms with Gasteiger partial charge in [-0.25, -0.2) is 4.98 Å². The Morgan fingerprint density at radius 2 is 2.00 bits per heavy atom. The Morgan fingerprint density at radius 3 is 2.67 bits per heavy atom. The zero-order valence-corrected chi connectivity index (χ0v) is 9.57. The van der Waals surface area contributed by atoms with Crippen LogP contribution in [-0.2, 0) is 0 Å². The van der Waals surface area contributed by atoms with E-state index in [9.17, 15) is 4.79 Å². The first-order valence-electron chi connectivity index (χ1n) is 4.67. The van der Waals surface area contributed by atoms with Crippen LogP contribution in [-0.4, -0.2) is 9.97 Å². The lowest BCUT2D eigenvalue weighted by Gasteiger charge is -2.05. The maximum atomic E-state index is 11.9. The number of rotatable bonds is 0. The number of halogens is 1. The van der Waals surface area contributed by atoms with Crippen molar-refractivity contribution in [3.05, 3.63) is 38.3 Å². The number of hydrogen-bond donors (Lipinski definition) is 1. The number of fused-ring (bicyclic) bond motifs is 1. The number of H-pyrrole nitrogens is 1. The number of hydrogen-bond acceptors (Lipinski definition) is 2. The van der Waals surface area contributed by atoms with Crippen LogP contribution in [0.5, 0.6) is 0 Å². The first kappa shape index (κ1) is 10.2. The van der Waals surface area contributed by atoms with E-state index in [1.54, 1.807) is 6.92 Å². The molecule has 0 bridgehead atoms. The van der Waals surface area contributed by atoms with Gasteiger partial charge in [-0.1, -0.05) is 11.6 Å². The van der Waals surface area contributed by atoms with E-state index in [1.807, 2.05) is 19.9 Å². The van der Waals surface area contributed by atoms with Crippen LogP contribution in [0, 0.1) is 20.8 Å². The predicted octanol–water partition coefficient (Wildman–Crippen LogP) is 2.50. The van der Waals surface area contributed by atoms with Crippen molar-refractivity contribution in [3.8, 4) is 0 Å². The molecular formula is C11H11ClN2O. The Morgan fingerprint density at radius 1 is 1.33 bits per heavy atom. The van der Waals surface area contributed by atoms with Crippen molar-refractivity contribution in [2.24, 2.45) is 0 Å². The molecule has 2 heterocycles. The van der Waals surface area contributed by atoms with Crippen LogP contribution >= 0.6 is 11.6 Å². The molecule has 2 rings (SSSR count). The van der Waals surface area contributed by atoms with Crippen molar-refractivity contribution in [3.63, 3.8) is 0 Å². The van der Waals surface area contributed by atoms with E-state index < -0.39 is 0 Å². The van der Waals surface area contributed by atoms with Crippen LogP contribution in [0.4, 0.5) is 0 Å². The van der Waals surface area contributed by atoms with Crippen molar-refractivity contribution in [2.75, 3.05) is 0 Å². The fourth-order valence-corrected chi connectivity index (χ4v) is 1.87. The second-order valence-electron chi connectivity index (χ2n) is 3.70. The van der Waals surface area contributed by atoms with Crippen molar-refractivity contribution < 1.29 is 0 Å². The average Bonchev–Trinajstić information content (AvgIpc) is 2.13. The van der Waals surface area contributed by atoms with Gasteiger partial charge in [-0.3, -0.25) is 4.79 Å². The smallest absolute Gasteiger partial charge is 0.210 e. The molecule has 4 heteroatoms. The van der Waals surface area contributed by atoms with Crippen LogP contribution in [0.1, 0.15) is 17.0 Å². The van der Waals surface area contributed by atoms with Gasteiger partial charge >= 0.3 is 0 Å². The summed E-state index contributed by atoms with van der Waals surface area (Å²) in [6, 6.07) is 1.88. The molecule has 0 fully saturated rings. The molecule has 0 amide bonds. The van der Waals surface area contributed by atoms with Gasteiger partial charge in [-0.05, 0) is 32.4 Å². The quantitative estimate of drug-likeness (QED) is 0.745. The number of nitrogens with one attached hydrogen (secondary N) is 1. The Balaban J connectivity index is 3.06. The van der Waals surface area contributed by atoms with Gasteiger partial charge in [0.25, 0.3) is 0 Å². The van der Waals surface area contributed by atoms with E-state index in [2.05, 4.69) is 9.97 Å². The maximum Gasteiger partial charge on any atom is 0.210 e. The molecule has 78 valence electrons. The van der Waals surface area contributed by atoms with Crippen molar-refractivity contribution in [1.29, 1.82) is 0 Å². The molecule has 0 spiro atoms. The largest absolute Gasteiger partial charge is 0.342 e. The third-order valence-electron chi connectivity index (χ3n) is 2.41. The standard InChI is InChI=1S/C11H11ClN2O/c1-5-4-6(2)13-11-8(5)10(15)9(12)7(3)14-11/h4H,1-3H3,(H,13,14,15). The van der Waals surface area contributed by atoms with Crippen LogP contribution in [0.2, 0.25) is 5.02 Å². The summed E-state index contributed by atoms with van der Waals surface area (Å²) in [6.07, 6.45) is 0. The van der Waals surface area contributed by atoms with E-state index in [-0.39, 0.29) is 10.5 Å². The minimum atomic E-state index is -0.145. The Hall–Kier alpha value is -1.35. The minimum Gasteiger partial charge on any atom is -0.342 e. The second-order valence-corrected chi connectivity index (χ2v) is 4.08. The highest BCUT2D eigenvalue weighted by Crippen LogP contribution is 2.16. The Kier molecular flexibility index (Phi) is 2.27. The van der Waals surface area contributed by atoms with Gasteiger partial charge in [0.15, 0.2) is 0 Å². The molecule has 0 saturated carbocycles. The maximum absolute atomic E-state index is 11.9. The third-order valence-corrected chi connectivity index (χ3v) is 2.86. The molecule has 0 radical (unpaired) electrons. The van der Waals surface area contributed by atoms with Crippen LogP contribution in [0.3, 0.4) is 0 Å². The zero-order chi connectivity index (χ0) is 11.2. The number of nitrogens with zero attached hydrogens (tertiary/aromatic N) is 1. The number of aromatic amines is 1. The topological polar surface area (TPSA) is 45.8 Å². The Labute approximate surface area is 92.1 Å². The molecule has 2 aromatic rings. The van der Waals surface area contributed by atoms with Gasteiger partial charge in [0.05, 0.1) is 5.39 Å². The first-order valence-corrected chi connectivity index (χ1v) is 5.05. The highest BCUT2D eigenvalue weighted by molar-refractivity contribution is 6.31. The minimum absolute atomic E-state index is 0.145. The second kappa shape index (κ2) is 3.35. The summed E-state index contributed by atoms with van der Waals surface area (Å²) < 4.78 is 0. The Bertz CT molecular complexity index is 602. The van der Waals surface area contributed by atoms with Gasteiger partial charge in [-0.15, -0.1) is 0 Å². The van der Waals surface area contributed by atoms with Crippen LogP contribution in [0.25, 0.3) is 11.0 Å². The van der Waals surface area contributed by atoms with Gasteiger partial charge in [-0.2, -0.15) is 0 Å². The van der Waals surface area contributed by atoms with E-state index in [1.165, 1.54) is 0 Å². The lowest BCUT2D eigenvalue weighted by Crippen LogP contribution is -2.09. The molecule has 0 atom stereocenters. The predicted molar refractivity (Wildman–Crippen MR) is 61.6 cm³/mol. The summed E-state index contributed by atoms with van der Waals surface area (Å²) in [6.45, 7) is 5.55. The SMILES string of the molecule is Cc1cc(C)c2c(=O)c(Cl)c(C)[nH]c2n1. The molecule has 1 N–H and O–H groups in total. The van der Waals surface area contributed by atoms with E-state index in [4.69, 9.17) is 11.6 Å². The van der Waals surface area contributed by atoms with E-state index in [0.29, 0.717) is 16.7 Å². The molecule has 0 aromatic carbocycles. The van der Waals surface area contributed by atoms with Gasteiger partial charge < -0.3 is 4.98 Å². The number of pyridine rings is 2. The fourth-order valence-electron chi connectivity index (χ4n) is 1.73. The summed E-state index contributed by atoms with van der Waals surface area (Å²) in [7, 11) is 0. The molecule has 0 aliphatic carbocycles. The first-order chi connectivity index (χ1) is 7.00. The lowest BCUT2D eigenvalue weighted by molar-refractivity contribution is 1.14. The fraction of sp³-hybridized carbons (Fsp3) is 0.273. The van der Waals surface area contributed by atoms with Gasteiger partial charge in [0, 0.05) is 11.4 Å².